The highest BCUT2D eigenvalue weighted by Crippen LogP contribution is 2.44. The number of aliphatic hydroxyl groups excluding tert-OH is 1. The zero-order valence-corrected chi connectivity index (χ0v) is 20.6. The average Bonchev–Trinajstić information content (AvgIpc) is 3.18. The minimum Gasteiger partial charge on any atom is -0.503 e. The summed E-state index contributed by atoms with van der Waals surface area (Å²) >= 11 is 0. The number of methoxy groups -OCH3 is 2. The van der Waals surface area contributed by atoms with Crippen LogP contribution in [0.3, 0.4) is 0 Å². The van der Waals surface area contributed by atoms with Crippen molar-refractivity contribution in [1.29, 1.82) is 0 Å². The molecule has 1 unspecified atom stereocenters. The van der Waals surface area contributed by atoms with Gasteiger partial charge in [0.15, 0.2) is 23.0 Å². The lowest BCUT2D eigenvalue weighted by Gasteiger charge is -2.28. The van der Waals surface area contributed by atoms with E-state index >= 15 is 0 Å². The highest BCUT2D eigenvalue weighted by atomic mass is 16.5. The minimum atomic E-state index is -0.849. The molecule has 1 heterocycles. The number of amides is 1. The normalized spacial score (nSPS) is 15.2. The van der Waals surface area contributed by atoms with Crippen LogP contribution in [-0.4, -0.2) is 37.6 Å². The molecule has 1 aliphatic heterocycles. The predicted octanol–water partition coefficient (Wildman–Crippen LogP) is 5.20. The Morgan fingerprint density at radius 1 is 0.944 bits per heavy atom. The summed E-state index contributed by atoms with van der Waals surface area (Å²) in [6, 6.07) is 21.0. The number of carbonyl (C=O) groups excluding carboxylic acids is 2. The molecule has 1 aliphatic rings. The average molecular weight is 488 g/mol. The molecule has 1 amide bonds. The van der Waals surface area contributed by atoms with E-state index in [0.29, 0.717) is 41.5 Å². The molecule has 3 aromatic rings. The Kier molecular flexibility index (Phi) is 7.59. The van der Waals surface area contributed by atoms with E-state index < -0.39 is 17.7 Å². The molecule has 0 aromatic heterocycles. The van der Waals surface area contributed by atoms with Gasteiger partial charge in [0.2, 0.25) is 0 Å². The molecule has 0 radical (unpaired) electrons. The van der Waals surface area contributed by atoms with E-state index in [1.807, 2.05) is 37.3 Å². The number of carbonyl (C=O) groups is 2. The topological polar surface area (TPSA) is 85.3 Å². The maximum atomic E-state index is 13.5. The van der Waals surface area contributed by atoms with Crippen molar-refractivity contribution in [2.45, 2.75) is 25.8 Å². The molecule has 7 nitrogen and oxygen atoms in total. The van der Waals surface area contributed by atoms with Gasteiger partial charge in [-0.15, -0.1) is 0 Å². The second kappa shape index (κ2) is 11.0. The molecule has 0 spiro atoms. The van der Waals surface area contributed by atoms with Crippen molar-refractivity contribution in [3.8, 4) is 17.2 Å². The standard InChI is InChI=1S/C29H29NO6/c1-4-36-25-17-20(14-16-24(25)35-3)27-26(23(31)15-13-19-9-6-5-7-10-19)28(32)29(33)30(27)21-11-8-12-22(18-21)34-2/h5-12,14,16-18,27,32H,4,13,15H2,1-3H3. The van der Waals surface area contributed by atoms with Crippen LogP contribution in [0.4, 0.5) is 5.69 Å². The molecule has 0 saturated heterocycles. The summed E-state index contributed by atoms with van der Waals surface area (Å²) in [5, 5.41) is 11.0. The molecule has 0 bridgehead atoms. The molecule has 0 aliphatic carbocycles. The summed E-state index contributed by atoms with van der Waals surface area (Å²) < 4.78 is 16.5. The van der Waals surface area contributed by atoms with Crippen LogP contribution in [0.15, 0.2) is 84.1 Å². The monoisotopic (exact) mass is 487 g/mol. The third kappa shape index (κ3) is 4.91. The number of aryl methyl sites for hydroxylation is 1. The smallest absolute Gasteiger partial charge is 0.294 e. The third-order valence-corrected chi connectivity index (χ3v) is 6.13. The number of hydrogen-bond acceptors (Lipinski definition) is 6. The Bertz CT molecular complexity index is 1280. The van der Waals surface area contributed by atoms with Gasteiger partial charge in [0.1, 0.15) is 5.75 Å². The molecule has 0 saturated carbocycles. The van der Waals surface area contributed by atoms with Crippen molar-refractivity contribution in [3.63, 3.8) is 0 Å². The Morgan fingerprint density at radius 2 is 1.72 bits per heavy atom. The second-order valence-corrected chi connectivity index (χ2v) is 8.29. The van der Waals surface area contributed by atoms with Crippen LogP contribution in [-0.2, 0) is 16.0 Å². The van der Waals surface area contributed by atoms with Crippen LogP contribution in [0.1, 0.15) is 30.5 Å². The first kappa shape index (κ1) is 24.9. The van der Waals surface area contributed by atoms with Crippen LogP contribution in [0.5, 0.6) is 17.2 Å². The Labute approximate surface area is 210 Å². The zero-order valence-electron chi connectivity index (χ0n) is 20.6. The summed E-state index contributed by atoms with van der Waals surface area (Å²) in [6.07, 6.45) is 0.636. The molecule has 4 rings (SSSR count). The lowest BCUT2D eigenvalue weighted by atomic mass is 9.92. The highest BCUT2D eigenvalue weighted by Gasteiger charge is 2.44. The van der Waals surface area contributed by atoms with E-state index in [-0.39, 0.29) is 17.8 Å². The van der Waals surface area contributed by atoms with Gasteiger partial charge < -0.3 is 19.3 Å². The number of aliphatic hydroxyl groups is 1. The largest absolute Gasteiger partial charge is 0.503 e. The van der Waals surface area contributed by atoms with Crippen molar-refractivity contribution >= 4 is 17.4 Å². The Hall–Kier alpha value is -4.26. The third-order valence-electron chi connectivity index (χ3n) is 6.13. The van der Waals surface area contributed by atoms with Gasteiger partial charge in [-0.2, -0.15) is 0 Å². The van der Waals surface area contributed by atoms with Gasteiger partial charge in [0.05, 0.1) is 32.4 Å². The zero-order chi connectivity index (χ0) is 25.7. The molecular weight excluding hydrogens is 458 g/mol. The van der Waals surface area contributed by atoms with Gasteiger partial charge in [-0.3, -0.25) is 14.5 Å². The van der Waals surface area contributed by atoms with Gasteiger partial charge in [-0.25, -0.2) is 0 Å². The number of anilines is 1. The molecule has 7 heteroatoms. The number of benzene rings is 3. The molecule has 186 valence electrons. The van der Waals surface area contributed by atoms with Crippen LogP contribution in [0.25, 0.3) is 0 Å². The van der Waals surface area contributed by atoms with E-state index in [1.165, 1.54) is 12.0 Å². The Balaban J connectivity index is 1.79. The minimum absolute atomic E-state index is 0.0615. The number of nitrogens with zero attached hydrogens (tertiary/aromatic N) is 1. The fourth-order valence-corrected chi connectivity index (χ4v) is 4.40. The fourth-order valence-electron chi connectivity index (χ4n) is 4.40. The summed E-state index contributed by atoms with van der Waals surface area (Å²) in [5.74, 6) is 0.0711. The fraction of sp³-hybridized carbons (Fsp3) is 0.241. The number of Topliss-reactive ketones (excluding diaryl/α,β-unsaturated/α-hetero) is 1. The summed E-state index contributed by atoms with van der Waals surface area (Å²) in [4.78, 5) is 28.3. The van der Waals surface area contributed by atoms with Gasteiger partial charge in [0.25, 0.3) is 5.91 Å². The molecule has 1 N–H and O–H groups in total. The first-order chi connectivity index (χ1) is 17.5. The van der Waals surface area contributed by atoms with E-state index in [2.05, 4.69) is 0 Å². The number of rotatable bonds is 10. The molecule has 0 fully saturated rings. The van der Waals surface area contributed by atoms with Gasteiger partial charge in [-0.1, -0.05) is 42.5 Å². The van der Waals surface area contributed by atoms with Crippen LogP contribution >= 0.6 is 0 Å². The van der Waals surface area contributed by atoms with Gasteiger partial charge >= 0.3 is 0 Å². The molecule has 3 aromatic carbocycles. The van der Waals surface area contributed by atoms with E-state index in [1.54, 1.807) is 49.6 Å². The SMILES string of the molecule is CCOc1cc(C2C(C(=O)CCc3ccccc3)=C(O)C(=O)N2c2cccc(OC)c2)ccc1OC. The summed E-state index contributed by atoms with van der Waals surface area (Å²) in [6.45, 7) is 2.27. The van der Waals surface area contributed by atoms with Crippen molar-refractivity contribution < 1.29 is 28.9 Å². The van der Waals surface area contributed by atoms with Crippen LogP contribution in [0, 0.1) is 0 Å². The summed E-state index contributed by atoms with van der Waals surface area (Å²) in [5.41, 5.74) is 2.17. The number of ketones is 1. The number of ether oxygens (including phenoxy) is 3. The van der Waals surface area contributed by atoms with E-state index in [0.717, 1.165) is 5.56 Å². The van der Waals surface area contributed by atoms with Gasteiger partial charge in [-0.05, 0) is 48.7 Å². The molecule has 1 atom stereocenters. The van der Waals surface area contributed by atoms with Crippen molar-refractivity contribution in [1.82, 2.24) is 0 Å². The quantitative estimate of drug-likeness (QED) is 0.423. The number of hydrogen-bond donors (Lipinski definition) is 1. The molecular formula is C29H29NO6. The first-order valence-corrected chi connectivity index (χ1v) is 11.8. The van der Waals surface area contributed by atoms with Gasteiger partial charge in [0, 0.05) is 18.2 Å². The van der Waals surface area contributed by atoms with Crippen LogP contribution < -0.4 is 19.1 Å². The van der Waals surface area contributed by atoms with Crippen molar-refractivity contribution in [2.24, 2.45) is 0 Å². The van der Waals surface area contributed by atoms with Crippen LogP contribution in [0.2, 0.25) is 0 Å². The molecule has 36 heavy (non-hydrogen) atoms. The second-order valence-electron chi connectivity index (χ2n) is 8.29. The maximum absolute atomic E-state index is 13.5. The first-order valence-electron chi connectivity index (χ1n) is 11.8. The van der Waals surface area contributed by atoms with Crippen molar-refractivity contribution in [2.75, 3.05) is 25.7 Å². The highest BCUT2D eigenvalue weighted by molar-refractivity contribution is 6.16. The maximum Gasteiger partial charge on any atom is 0.294 e. The lowest BCUT2D eigenvalue weighted by Crippen LogP contribution is -2.31. The summed E-state index contributed by atoms with van der Waals surface area (Å²) in [7, 11) is 3.08. The van der Waals surface area contributed by atoms with E-state index in [4.69, 9.17) is 14.2 Å². The van der Waals surface area contributed by atoms with Crippen molar-refractivity contribution in [3.05, 3.63) is 95.3 Å². The Morgan fingerprint density at radius 3 is 2.42 bits per heavy atom. The predicted molar refractivity (Wildman–Crippen MR) is 137 cm³/mol. The lowest BCUT2D eigenvalue weighted by molar-refractivity contribution is -0.118. The van der Waals surface area contributed by atoms with E-state index in [9.17, 15) is 14.7 Å².